The number of carbonyl (C=O) groups excluding carboxylic acids is 2. The third-order valence-electron chi connectivity index (χ3n) is 14.7. The van der Waals surface area contributed by atoms with Gasteiger partial charge in [0, 0.05) is 19.6 Å². The molecule has 6 rings (SSSR count). The third-order valence-corrected chi connectivity index (χ3v) is 14.7. The second-order valence-electron chi connectivity index (χ2n) is 17.8. The van der Waals surface area contributed by atoms with Crippen molar-refractivity contribution in [1.29, 1.82) is 0 Å². The van der Waals surface area contributed by atoms with Gasteiger partial charge in [0.2, 0.25) is 5.91 Å². The van der Waals surface area contributed by atoms with Crippen molar-refractivity contribution in [2.24, 2.45) is 51.2 Å². The van der Waals surface area contributed by atoms with Gasteiger partial charge in [0.1, 0.15) is 0 Å². The van der Waals surface area contributed by atoms with Crippen LogP contribution in [-0.2, 0) is 9.53 Å². The van der Waals surface area contributed by atoms with Crippen molar-refractivity contribution in [3.05, 3.63) is 54.1 Å². The summed E-state index contributed by atoms with van der Waals surface area (Å²) in [7, 11) is 4.12. The standard InChI is InChI=1S/C41H62N2O4.C3H6/c1-8-47-36(45)29-13-11-28(12-14-29)31-17-21-40(5)34(38(31,2)3)19-22-39(4)32-18-23-41(37(46)43(26-27-44)25-24-42(6)7)20-9-10-33(41)30(32)15-16-35(39)40;1-3-2/h11-14,17,30,32-35,44H,8-10,15-16,18-27H2,1-7H3;3H,1H2,2H3. The lowest BCUT2D eigenvalue weighted by Gasteiger charge is -2.68. The molecule has 0 aromatic heterocycles. The fourth-order valence-electron chi connectivity index (χ4n) is 12.8. The first-order chi connectivity index (χ1) is 23.7. The number of esters is 1. The van der Waals surface area contributed by atoms with E-state index in [0.29, 0.717) is 66.2 Å². The summed E-state index contributed by atoms with van der Waals surface area (Å²) < 4.78 is 5.23. The SMILES string of the molecule is C=CC.CCOC(=O)c1ccc(C2=CCC3(C)C(CCC4(C)C5CCC6(C(=O)N(CCO)CCN(C)C)CCCC6C5CCC43)C2(C)C)cc1. The first-order valence-electron chi connectivity index (χ1n) is 19.8. The van der Waals surface area contributed by atoms with Crippen molar-refractivity contribution in [2.75, 3.05) is 46.9 Å². The van der Waals surface area contributed by atoms with Gasteiger partial charge in [0.25, 0.3) is 0 Å². The second-order valence-corrected chi connectivity index (χ2v) is 17.8. The predicted molar refractivity (Wildman–Crippen MR) is 205 cm³/mol. The van der Waals surface area contributed by atoms with Crippen LogP contribution in [0.25, 0.3) is 5.57 Å². The lowest BCUT2D eigenvalue weighted by molar-refractivity contribution is -0.185. The van der Waals surface area contributed by atoms with Crippen molar-refractivity contribution >= 4 is 17.4 Å². The predicted octanol–water partition coefficient (Wildman–Crippen LogP) is 8.90. The maximum Gasteiger partial charge on any atom is 0.338 e. The van der Waals surface area contributed by atoms with Crippen molar-refractivity contribution < 1.29 is 19.4 Å². The van der Waals surface area contributed by atoms with E-state index in [1.165, 1.54) is 56.1 Å². The second kappa shape index (κ2) is 15.3. The van der Waals surface area contributed by atoms with Crippen molar-refractivity contribution in [3.8, 4) is 0 Å². The van der Waals surface area contributed by atoms with Crippen LogP contribution in [0.5, 0.6) is 0 Å². The Hall–Kier alpha value is -2.44. The highest BCUT2D eigenvalue weighted by molar-refractivity contribution is 5.90. The number of rotatable bonds is 9. The number of hydrogen-bond donors (Lipinski definition) is 1. The Morgan fingerprint density at radius 1 is 0.900 bits per heavy atom. The molecule has 1 N–H and O–H groups in total. The summed E-state index contributed by atoms with van der Waals surface area (Å²) in [5.41, 5.74) is 3.66. The molecule has 50 heavy (non-hydrogen) atoms. The molecular formula is C44H68N2O4. The van der Waals surface area contributed by atoms with Crippen molar-refractivity contribution in [3.63, 3.8) is 0 Å². The Bertz CT molecular complexity index is 1400. The number of nitrogens with zero attached hydrogens (tertiary/aromatic N) is 2. The summed E-state index contributed by atoms with van der Waals surface area (Å²) in [6.07, 6.45) is 16.1. The van der Waals surface area contributed by atoms with Gasteiger partial charge < -0.3 is 19.6 Å². The third kappa shape index (κ3) is 6.66. The molecular weight excluding hydrogens is 620 g/mol. The van der Waals surface area contributed by atoms with E-state index in [1.54, 1.807) is 6.08 Å². The van der Waals surface area contributed by atoms with Gasteiger partial charge in [-0.15, -0.1) is 6.58 Å². The van der Waals surface area contributed by atoms with Crippen LogP contribution >= 0.6 is 0 Å². The first-order valence-corrected chi connectivity index (χ1v) is 19.8. The molecule has 0 aliphatic heterocycles. The lowest BCUT2D eigenvalue weighted by Crippen LogP contribution is -2.62. The number of hydrogen-bond acceptors (Lipinski definition) is 5. The van der Waals surface area contributed by atoms with Crippen LogP contribution in [0.4, 0.5) is 0 Å². The van der Waals surface area contributed by atoms with E-state index in [2.05, 4.69) is 71.5 Å². The van der Waals surface area contributed by atoms with Crippen molar-refractivity contribution in [2.45, 2.75) is 106 Å². The van der Waals surface area contributed by atoms with Crippen LogP contribution in [0.2, 0.25) is 0 Å². The van der Waals surface area contributed by atoms with Crippen LogP contribution in [0, 0.1) is 51.2 Å². The van der Waals surface area contributed by atoms with Gasteiger partial charge in [0.15, 0.2) is 0 Å². The summed E-state index contributed by atoms with van der Waals surface area (Å²) in [6.45, 7) is 19.8. The van der Waals surface area contributed by atoms with Gasteiger partial charge in [-0.1, -0.05) is 58.4 Å². The molecule has 8 unspecified atom stereocenters. The molecule has 0 heterocycles. The Balaban J connectivity index is 0.00000156. The minimum Gasteiger partial charge on any atom is -0.462 e. The maximum atomic E-state index is 14.4. The Kier molecular flexibility index (Phi) is 11.8. The molecule has 4 fully saturated rings. The number of amides is 1. The fraction of sp³-hybridized carbons (Fsp3) is 0.727. The molecule has 4 saturated carbocycles. The molecule has 5 aliphatic rings. The van der Waals surface area contributed by atoms with E-state index < -0.39 is 0 Å². The lowest BCUT2D eigenvalue weighted by atomic mass is 9.36. The number of likely N-dealkylation sites (N-methyl/N-ethyl adjacent to an activating group) is 1. The molecule has 1 aromatic carbocycles. The van der Waals surface area contributed by atoms with Crippen LogP contribution in [-0.4, -0.2) is 73.7 Å². The van der Waals surface area contributed by atoms with Gasteiger partial charge in [-0.2, -0.15) is 0 Å². The highest BCUT2D eigenvalue weighted by atomic mass is 16.5. The highest BCUT2D eigenvalue weighted by Gasteiger charge is 2.66. The number of carbonyl (C=O) groups is 2. The van der Waals surface area contributed by atoms with Gasteiger partial charge in [-0.25, -0.2) is 4.79 Å². The number of ether oxygens (including phenoxy) is 1. The Morgan fingerprint density at radius 2 is 1.60 bits per heavy atom. The summed E-state index contributed by atoms with van der Waals surface area (Å²) in [5, 5.41) is 9.90. The highest BCUT2D eigenvalue weighted by Crippen LogP contribution is 2.73. The van der Waals surface area contributed by atoms with Crippen LogP contribution in [0.15, 0.2) is 43.0 Å². The van der Waals surface area contributed by atoms with Gasteiger partial charge >= 0.3 is 5.97 Å². The van der Waals surface area contributed by atoms with Gasteiger partial charge in [-0.05, 0) is 155 Å². The monoisotopic (exact) mass is 689 g/mol. The number of benzene rings is 1. The minimum absolute atomic E-state index is 0.0386. The maximum absolute atomic E-state index is 14.4. The van der Waals surface area contributed by atoms with E-state index in [9.17, 15) is 14.7 Å². The summed E-state index contributed by atoms with van der Waals surface area (Å²) in [4.78, 5) is 30.9. The number of fused-ring (bicyclic) bond motifs is 7. The summed E-state index contributed by atoms with van der Waals surface area (Å²) in [5.74, 6) is 3.22. The molecule has 1 aromatic rings. The zero-order valence-electron chi connectivity index (χ0n) is 32.7. The van der Waals surface area contributed by atoms with Crippen LogP contribution < -0.4 is 0 Å². The van der Waals surface area contributed by atoms with E-state index in [-0.39, 0.29) is 28.8 Å². The number of allylic oxidation sites excluding steroid dienone is 3. The van der Waals surface area contributed by atoms with Crippen LogP contribution in [0.3, 0.4) is 0 Å². The summed E-state index contributed by atoms with van der Waals surface area (Å²) in [6, 6.07) is 8.11. The molecule has 0 spiro atoms. The van der Waals surface area contributed by atoms with E-state index >= 15 is 0 Å². The topological polar surface area (TPSA) is 70.1 Å². The van der Waals surface area contributed by atoms with E-state index in [4.69, 9.17) is 4.74 Å². The zero-order chi connectivity index (χ0) is 36.5. The largest absolute Gasteiger partial charge is 0.462 e. The molecule has 278 valence electrons. The quantitative estimate of drug-likeness (QED) is 0.207. The first kappa shape index (κ1) is 38.8. The average Bonchev–Trinajstić information content (AvgIpc) is 3.52. The average molecular weight is 689 g/mol. The fourth-order valence-corrected chi connectivity index (χ4v) is 12.8. The molecule has 0 bridgehead atoms. The molecule has 8 atom stereocenters. The Labute approximate surface area is 304 Å². The smallest absolute Gasteiger partial charge is 0.338 e. The van der Waals surface area contributed by atoms with E-state index in [1.807, 2.05) is 30.9 Å². The van der Waals surface area contributed by atoms with Gasteiger partial charge in [-0.3, -0.25) is 4.79 Å². The molecule has 6 nitrogen and oxygen atoms in total. The zero-order valence-corrected chi connectivity index (χ0v) is 32.7. The number of aliphatic hydroxyl groups excluding tert-OH is 1. The van der Waals surface area contributed by atoms with E-state index in [0.717, 1.165) is 25.8 Å². The van der Waals surface area contributed by atoms with Crippen LogP contribution in [0.1, 0.15) is 122 Å². The number of aliphatic hydroxyl groups is 1. The Morgan fingerprint density at radius 3 is 2.24 bits per heavy atom. The minimum atomic E-state index is -0.251. The summed E-state index contributed by atoms with van der Waals surface area (Å²) >= 11 is 0. The van der Waals surface area contributed by atoms with Gasteiger partial charge in [0.05, 0.1) is 24.2 Å². The molecule has 0 radical (unpaired) electrons. The molecule has 0 saturated heterocycles. The normalized spacial score (nSPS) is 35.2. The molecule has 1 amide bonds. The van der Waals surface area contributed by atoms with Crippen molar-refractivity contribution in [1.82, 2.24) is 9.80 Å². The molecule has 5 aliphatic carbocycles. The molecule has 6 heteroatoms.